The summed E-state index contributed by atoms with van der Waals surface area (Å²) in [6, 6.07) is 19.6. The van der Waals surface area contributed by atoms with Gasteiger partial charge < -0.3 is 9.74 Å². The molecule has 4 nitrogen and oxygen atoms in total. The molecule has 1 amide bonds. The summed E-state index contributed by atoms with van der Waals surface area (Å²) in [5, 5.41) is 4.20. The molecular formula is C25H22F2N2O2. The molecule has 1 atom stereocenters. The summed E-state index contributed by atoms with van der Waals surface area (Å²) in [5.41, 5.74) is 3.81. The molecule has 3 aromatic carbocycles. The lowest BCUT2D eigenvalue weighted by Crippen LogP contribution is -2.37. The Balaban J connectivity index is 1.52. The van der Waals surface area contributed by atoms with E-state index in [-0.39, 0.29) is 36.5 Å². The number of amides is 1. The Morgan fingerprint density at radius 1 is 1.03 bits per heavy atom. The van der Waals surface area contributed by atoms with Crippen molar-refractivity contribution in [3.63, 3.8) is 0 Å². The minimum Gasteiger partial charge on any atom is -0.390 e. The minimum atomic E-state index is -0.487. The van der Waals surface area contributed by atoms with Crippen molar-refractivity contribution < 1.29 is 18.4 Å². The molecule has 0 radical (unpaired) electrons. The molecule has 0 N–H and O–H groups in total. The Bertz CT molecular complexity index is 1110. The van der Waals surface area contributed by atoms with Crippen LogP contribution in [0.4, 0.5) is 8.78 Å². The first kappa shape index (κ1) is 20.7. The van der Waals surface area contributed by atoms with Crippen molar-refractivity contribution >= 4 is 11.6 Å². The van der Waals surface area contributed by atoms with Crippen molar-refractivity contribution in [2.75, 3.05) is 6.54 Å². The van der Waals surface area contributed by atoms with Crippen molar-refractivity contribution in [2.24, 2.45) is 5.16 Å². The van der Waals surface area contributed by atoms with E-state index in [4.69, 9.17) is 4.84 Å². The smallest absolute Gasteiger partial charge is 0.254 e. The van der Waals surface area contributed by atoms with Crippen LogP contribution in [0.15, 0.2) is 78.0 Å². The van der Waals surface area contributed by atoms with Gasteiger partial charge in [-0.05, 0) is 48.4 Å². The fourth-order valence-electron chi connectivity index (χ4n) is 3.57. The molecule has 0 bridgehead atoms. The van der Waals surface area contributed by atoms with E-state index in [0.29, 0.717) is 12.0 Å². The lowest BCUT2D eigenvalue weighted by Gasteiger charge is -2.25. The van der Waals surface area contributed by atoms with Crippen LogP contribution in [0.3, 0.4) is 0 Å². The molecule has 4 rings (SSSR count). The number of hydrogen-bond acceptors (Lipinski definition) is 3. The summed E-state index contributed by atoms with van der Waals surface area (Å²) >= 11 is 0. The number of halogens is 2. The summed E-state index contributed by atoms with van der Waals surface area (Å²) in [7, 11) is 0. The van der Waals surface area contributed by atoms with Gasteiger partial charge in [-0.25, -0.2) is 8.78 Å². The average molecular weight is 420 g/mol. The SMILES string of the molecule is Cc1ccc(C2=NO[C@@H](CN(Cc3cccc(F)c3)C(=O)c3cccc(F)c3)C2)cc1. The number of benzene rings is 3. The lowest BCUT2D eigenvalue weighted by molar-refractivity contribution is 0.0404. The molecule has 0 aliphatic carbocycles. The molecule has 0 unspecified atom stereocenters. The number of rotatable bonds is 6. The monoisotopic (exact) mass is 420 g/mol. The van der Waals surface area contributed by atoms with E-state index in [9.17, 15) is 13.6 Å². The van der Waals surface area contributed by atoms with Gasteiger partial charge in [-0.2, -0.15) is 0 Å². The highest BCUT2D eigenvalue weighted by Gasteiger charge is 2.27. The van der Waals surface area contributed by atoms with Gasteiger partial charge in [0, 0.05) is 18.5 Å². The van der Waals surface area contributed by atoms with Crippen LogP contribution in [0.2, 0.25) is 0 Å². The van der Waals surface area contributed by atoms with Crippen LogP contribution in [0.25, 0.3) is 0 Å². The third-order valence-electron chi connectivity index (χ3n) is 5.16. The van der Waals surface area contributed by atoms with Crippen molar-refractivity contribution in [1.29, 1.82) is 0 Å². The molecule has 158 valence electrons. The Hall–Kier alpha value is -3.54. The van der Waals surface area contributed by atoms with E-state index < -0.39 is 5.82 Å². The first-order valence-corrected chi connectivity index (χ1v) is 10.1. The van der Waals surface area contributed by atoms with Crippen molar-refractivity contribution in [1.82, 2.24) is 4.90 Å². The normalized spacial score (nSPS) is 15.3. The van der Waals surface area contributed by atoms with E-state index >= 15 is 0 Å². The standard InChI is InChI=1S/C25H22F2N2O2/c1-17-8-10-19(11-9-17)24-14-23(31-28-24)16-29(15-18-4-2-6-21(26)12-18)25(30)20-5-3-7-22(27)13-20/h2-13,23H,14-16H2,1H3/t23-/m1/s1. The molecule has 31 heavy (non-hydrogen) atoms. The molecule has 0 spiro atoms. The second kappa shape index (κ2) is 9.08. The Kier molecular flexibility index (Phi) is 6.07. The Labute approximate surface area is 179 Å². The van der Waals surface area contributed by atoms with Crippen molar-refractivity contribution in [3.05, 3.63) is 107 Å². The summed E-state index contributed by atoms with van der Waals surface area (Å²) in [4.78, 5) is 20.3. The van der Waals surface area contributed by atoms with Crippen LogP contribution in [0.5, 0.6) is 0 Å². The van der Waals surface area contributed by atoms with E-state index in [2.05, 4.69) is 5.16 Å². The zero-order valence-electron chi connectivity index (χ0n) is 17.1. The van der Waals surface area contributed by atoms with Gasteiger partial charge in [-0.1, -0.05) is 53.2 Å². The molecule has 3 aromatic rings. The fraction of sp³-hybridized carbons (Fsp3) is 0.200. The number of nitrogens with zero attached hydrogens (tertiary/aromatic N) is 2. The Morgan fingerprint density at radius 3 is 2.45 bits per heavy atom. The quantitative estimate of drug-likeness (QED) is 0.556. The molecule has 0 aromatic heterocycles. The first-order valence-electron chi connectivity index (χ1n) is 10.1. The predicted molar refractivity (Wildman–Crippen MR) is 115 cm³/mol. The molecule has 0 saturated heterocycles. The maximum absolute atomic E-state index is 13.7. The van der Waals surface area contributed by atoms with Gasteiger partial charge in [0.05, 0.1) is 12.3 Å². The van der Waals surface area contributed by atoms with Gasteiger partial charge in [-0.15, -0.1) is 0 Å². The van der Waals surface area contributed by atoms with Gasteiger partial charge >= 0.3 is 0 Å². The third kappa shape index (κ3) is 5.15. The number of carbonyl (C=O) groups is 1. The molecular weight excluding hydrogens is 398 g/mol. The zero-order valence-corrected chi connectivity index (χ0v) is 17.1. The molecule has 0 saturated carbocycles. The van der Waals surface area contributed by atoms with Gasteiger partial charge in [-0.3, -0.25) is 4.79 Å². The van der Waals surface area contributed by atoms with Crippen LogP contribution in [-0.2, 0) is 11.4 Å². The highest BCUT2D eigenvalue weighted by Crippen LogP contribution is 2.21. The highest BCUT2D eigenvalue weighted by atomic mass is 19.1. The molecule has 1 aliphatic heterocycles. The van der Waals surface area contributed by atoms with E-state index in [1.54, 1.807) is 23.1 Å². The number of aryl methyl sites for hydroxylation is 1. The predicted octanol–water partition coefficient (Wildman–Crippen LogP) is 5.11. The number of hydrogen-bond donors (Lipinski definition) is 0. The molecule has 1 aliphatic rings. The maximum Gasteiger partial charge on any atom is 0.254 e. The van der Waals surface area contributed by atoms with Gasteiger partial charge in [0.15, 0.2) is 6.10 Å². The average Bonchev–Trinajstić information content (AvgIpc) is 3.22. The highest BCUT2D eigenvalue weighted by molar-refractivity contribution is 6.01. The van der Waals surface area contributed by atoms with Gasteiger partial charge in [0.25, 0.3) is 5.91 Å². The lowest BCUT2D eigenvalue weighted by atomic mass is 10.0. The zero-order chi connectivity index (χ0) is 21.8. The number of oxime groups is 1. The van der Waals surface area contributed by atoms with Gasteiger partial charge in [0.1, 0.15) is 11.6 Å². The number of carbonyl (C=O) groups excluding carboxylic acids is 1. The van der Waals surface area contributed by atoms with E-state index in [1.807, 2.05) is 31.2 Å². The van der Waals surface area contributed by atoms with Crippen molar-refractivity contribution in [2.45, 2.75) is 26.0 Å². The molecule has 6 heteroatoms. The minimum absolute atomic E-state index is 0.173. The second-order valence-electron chi connectivity index (χ2n) is 7.66. The maximum atomic E-state index is 13.7. The van der Waals surface area contributed by atoms with Crippen LogP contribution in [0, 0.1) is 18.6 Å². The van der Waals surface area contributed by atoms with Crippen LogP contribution >= 0.6 is 0 Å². The topological polar surface area (TPSA) is 41.9 Å². The second-order valence-corrected chi connectivity index (χ2v) is 7.66. The summed E-state index contributed by atoms with van der Waals surface area (Å²) in [6.07, 6.45) is 0.196. The summed E-state index contributed by atoms with van der Waals surface area (Å²) in [5.74, 6) is -1.22. The van der Waals surface area contributed by atoms with E-state index in [0.717, 1.165) is 16.8 Å². The van der Waals surface area contributed by atoms with Gasteiger partial charge in [0.2, 0.25) is 0 Å². The fourth-order valence-corrected chi connectivity index (χ4v) is 3.57. The van der Waals surface area contributed by atoms with Crippen LogP contribution in [0.1, 0.15) is 33.5 Å². The first-order chi connectivity index (χ1) is 15.0. The van der Waals surface area contributed by atoms with E-state index in [1.165, 1.54) is 30.3 Å². The molecule has 1 heterocycles. The van der Waals surface area contributed by atoms with Crippen LogP contribution < -0.4 is 0 Å². The van der Waals surface area contributed by atoms with Crippen LogP contribution in [-0.4, -0.2) is 29.2 Å². The summed E-state index contributed by atoms with van der Waals surface area (Å²) in [6.45, 7) is 2.43. The molecule has 0 fully saturated rings. The Morgan fingerprint density at radius 2 is 1.74 bits per heavy atom. The summed E-state index contributed by atoms with van der Waals surface area (Å²) < 4.78 is 27.4. The largest absolute Gasteiger partial charge is 0.390 e. The van der Waals surface area contributed by atoms with Crippen molar-refractivity contribution in [3.8, 4) is 0 Å². The third-order valence-corrected chi connectivity index (χ3v) is 5.16.